The normalized spacial score (nSPS) is 10.7. The second kappa shape index (κ2) is 31.2. The highest BCUT2D eigenvalue weighted by molar-refractivity contribution is 5.66. The highest BCUT2D eigenvalue weighted by atomic mass is 16.4. The van der Waals surface area contributed by atoms with Crippen molar-refractivity contribution >= 4 is 5.97 Å². The Balaban J connectivity index is -0.000000604. The third-order valence-electron chi connectivity index (χ3n) is 4.90. The lowest BCUT2D eigenvalue weighted by molar-refractivity contribution is -0.137. The van der Waals surface area contributed by atoms with E-state index < -0.39 is 5.97 Å². The molecule has 0 saturated carbocycles. The van der Waals surface area contributed by atoms with Crippen molar-refractivity contribution < 1.29 is 25.2 Å². The monoisotopic (exact) mass is 448 g/mol. The Bertz CT molecular complexity index is 354. The third kappa shape index (κ3) is 33.8. The molecule has 0 atom stereocenters. The maximum absolute atomic E-state index is 10.3. The van der Waals surface area contributed by atoms with Gasteiger partial charge in [-0.25, -0.2) is 0 Å². The van der Waals surface area contributed by atoms with Gasteiger partial charge in [-0.05, 0) is 32.1 Å². The third-order valence-corrected chi connectivity index (χ3v) is 4.90. The first-order valence-electron chi connectivity index (χ1n) is 12.0. The summed E-state index contributed by atoms with van der Waals surface area (Å²) < 4.78 is 0. The van der Waals surface area contributed by atoms with E-state index in [9.17, 15) is 4.79 Å². The van der Waals surface area contributed by atoms with Gasteiger partial charge in [0.1, 0.15) is 0 Å². The zero-order chi connectivity index (χ0) is 22.7. The maximum atomic E-state index is 10.3. The first-order chi connectivity index (χ1) is 14.6. The molecule has 7 heteroatoms. The SMILES string of the molecule is CCCCCCCC/C=C\CCCCCCCC(=O)O.N.OCCN(CCO)CCO. The van der Waals surface area contributed by atoms with Crippen LogP contribution in [0.3, 0.4) is 0 Å². The summed E-state index contributed by atoms with van der Waals surface area (Å²) in [7, 11) is 0. The molecule has 0 bridgehead atoms. The number of allylic oxidation sites excluding steroid dienone is 2. The number of nitrogens with zero attached hydrogens (tertiary/aromatic N) is 1. The fraction of sp³-hybridized carbons (Fsp3) is 0.875. The van der Waals surface area contributed by atoms with E-state index in [1.54, 1.807) is 4.90 Å². The Morgan fingerprint density at radius 1 is 0.677 bits per heavy atom. The lowest BCUT2D eigenvalue weighted by atomic mass is 10.1. The molecule has 0 amide bonds. The van der Waals surface area contributed by atoms with E-state index in [1.807, 2.05) is 0 Å². The number of carboxylic acids is 1. The van der Waals surface area contributed by atoms with E-state index in [2.05, 4.69) is 19.1 Å². The van der Waals surface area contributed by atoms with Crippen LogP contribution in [0.4, 0.5) is 0 Å². The highest BCUT2D eigenvalue weighted by Gasteiger charge is 2.00. The summed E-state index contributed by atoms with van der Waals surface area (Å²) in [5, 5.41) is 34.0. The summed E-state index contributed by atoms with van der Waals surface area (Å²) in [4.78, 5) is 12.1. The number of aliphatic hydroxyl groups excluding tert-OH is 3. The average molecular weight is 449 g/mol. The van der Waals surface area contributed by atoms with Gasteiger partial charge >= 0.3 is 5.97 Å². The average Bonchev–Trinajstić information content (AvgIpc) is 2.72. The molecule has 0 heterocycles. The first-order valence-corrected chi connectivity index (χ1v) is 12.0. The van der Waals surface area contributed by atoms with E-state index in [4.69, 9.17) is 20.4 Å². The molecule has 0 unspecified atom stereocenters. The number of aliphatic carboxylic acids is 1. The molecule has 0 saturated heterocycles. The van der Waals surface area contributed by atoms with Crippen molar-refractivity contribution in [3.63, 3.8) is 0 Å². The molecule has 0 aromatic heterocycles. The van der Waals surface area contributed by atoms with Crippen LogP contribution in [0.25, 0.3) is 0 Å². The molecule has 0 aliphatic carbocycles. The first kappa shape index (κ1) is 34.6. The number of aliphatic hydroxyl groups is 3. The van der Waals surface area contributed by atoms with Crippen molar-refractivity contribution in [1.29, 1.82) is 0 Å². The van der Waals surface area contributed by atoms with Gasteiger partial charge in [-0.3, -0.25) is 9.69 Å². The highest BCUT2D eigenvalue weighted by Crippen LogP contribution is 2.09. The predicted molar refractivity (Wildman–Crippen MR) is 130 cm³/mol. The number of unbranched alkanes of at least 4 members (excludes halogenated alkanes) is 11. The standard InChI is InChI=1S/C18H34O2.C6H15NO3.H3N/c1-2-3-4-5-6-7-8-9-10-11-12-13-14-15-16-17-18(19)20;8-4-1-7(2-5-9)3-6-10;/h9-10H,2-8,11-17H2,1H3,(H,19,20);8-10H,1-6H2;1H3/b10-9-;;. The smallest absolute Gasteiger partial charge is 0.303 e. The van der Waals surface area contributed by atoms with Gasteiger partial charge in [-0.2, -0.15) is 0 Å². The number of carboxylic acid groups (broad SMARTS) is 1. The summed E-state index contributed by atoms with van der Waals surface area (Å²) in [6, 6.07) is 0. The van der Waals surface area contributed by atoms with E-state index in [-0.39, 0.29) is 26.0 Å². The summed E-state index contributed by atoms with van der Waals surface area (Å²) in [6.45, 7) is 4.01. The maximum Gasteiger partial charge on any atom is 0.303 e. The minimum Gasteiger partial charge on any atom is -0.481 e. The number of hydrogen-bond donors (Lipinski definition) is 5. The van der Waals surface area contributed by atoms with Crippen LogP contribution >= 0.6 is 0 Å². The van der Waals surface area contributed by atoms with Gasteiger partial charge in [0.15, 0.2) is 0 Å². The van der Waals surface area contributed by atoms with Gasteiger partial charge in [0.25, 0.3) is 0 Å². The van der Waals surface area contributed by atoms with Crippen LogP contribution < -0.4 is 6.15 Å². The molecule has 0 radical (unpaired) electrons. The zero-order valence-corrected chi connectivity index (χ0v) is 20.1. The fourth-order valence-corrected chi connectivity index (χ4v) is 3.11. The van der Waals surface area contributed by atoms with E-state index in [0.29, 0.717) is 26.1 Å². The van der Waals surface area contributed by atoms with Crippen molar-refractivity contribution in [2.45, 2.75) is 96.8 Å². The molecule has 0 rings (SSSR count). The molecule has 0 aliphatic heterocycles. The van der Waals surface area contributed by atoms with Crippen molar-refractivity contribution in [3.8, 4) is 0 Å². The van der Waals surface area contributed by atoms with Crippen molar-refractivity contribution in [1.82, 2.24) is 11.1 Å². The predicted octanol–water partition coefficient (Wildman–Crippen LogP) is 4.54. The Morgan fingerprint density at radius 3 is 1.45 bits per heavy atom. The van der Waals surface area contributed by atoms with Crippen LogP contribution in [0, 0.1) is 0 Å². The van der Waals surface area contributed by atoms with E-state index in [0.717, 1.165) is 12.8 Å². The molecule has 7 nitrogen and oxygen atoms in total. The Hall–Kier alpha value is -0.990. The number of rotatable bonds is 21. The zero-order valence-electron chi connectivity index (χ0n) is 20.1. The molecule has 0 aromatic carbocycles. The topological polar surface area (TPSA) is 136 Å². The van der Waals surface area contributed by atoms with Gasteiger partial charge in [0.2, 0.25) is 0 Å². The minimum atomic E-state index is -0.664. The minimum absolute atomic E-state index is 0. The van der Waals surface area contributed by atoms with E-state index in [1.165, 1.54) is 70.6 Å². The Morgan fingerprint density at radius 2 is 1.06 bits per heavy atom. The van der Waals surface area contributed by atoms with Crippen LogP contribution in [-0.2, 0) is 4.79 Å². The molecule has 188 valence electrons. The second-order valence-corrected chi connectivity index (χ2v) is 7.74. The summed E-state index contributed by atoms with van der Waals surface area (Å²) in [6.07, 6.45) is 21.2. The number of hydrogen-bond acceptors (Lipinski definition) is 6. The molecule has 7 N–H and O–H groups in total. The van der Waals surface area contributed by atoms with Gasteiger partial charge in [-0.15, -0.1) is 0 Å². The molecule has 0 fully saturated rings. The Kier molecular flexibility index (Phi) is 34.8. The fourth-order valence-electron chi connectivity index (χ4n) is 3.11. The molecular formula is C24H52N2O5. The number of carbonyl (C=O) groups is 1. The molecule has 0 spiro atoms. The lowest BCUT2D eigenvalue weighted by Crippen LogP contribution is -2.32. The van der Waals surface area contributed by atoms with Gasteiger partial charge in [0, 0.05) is 26.1 Å². The van der Waals surface area contributed by atoms with Crippen LogP contribution in [0.2, 0.25) is 0 Å². The van der Waals surface area contributed by atoms with Crippen molar-refractivity contribution in [2.24, 2.45) is 0 Å². The van der Waals surface area contributed by atoms with Crippen molar-refractivity contribution in [2.75, 3.05) is 39.5 Å². The quantitative estimate of drug-likeness (QED) is 0.128. The molecular weight excluding hydrogens is 396 g/mol. The van der Waals surface area contributed by atoms with Crippen LogP contribution in [0.15, 0.2) is 12.2 Å². The van der Waals surface area contributed by atoms with Crippen LogP contribution in [-0.4, -0.2) is 70.8 Å². The van der Waals surface area contributed by atoms with Crippen LogP contribution in [0.5, 0.6) is 0 Å². The van der Waals surface area contributed by atoms with Gasteiger partial charge < -0.3 is 26.6 Å². The van der Waals surface area contributed by atoms with Gasteiger partial charge in [-0.1, -0.05) is 70.4 Å². The molecule has 0 aromatic rings. The summed E-state index contributed by atoms with van der Waals surface area (Å²) in [5.41, 5.74) is 0. The summed E-state index contributed by atoms with van der Waals surface area (Å²) >= 11 is 0. The second-order valence-electron chi connectivity index (χ2n) is 7.74. The lowest BCUT2D eigenvalue weighted by Gasteiger charge is -2.17. The van der Waals surface area contributed by atoms with Gasteiger partial charge in [0.05, 0.1) is 19.8 Å². The largest absolute Gasteiger partial charge is 0.481 e. The van der Waals surface area contributed by atoms with Crippen molar-refractivity contribution in [3.05, 3.63) is 12.2 Å². The van der Waals surface area contributed by atoms with Crippen LogP contribution in [0.1, 0.15) is 96.8 Å². The molecule has 0 aliphatic rings. The Labute approximate surface area is 191 Å². The van der Waals surface area contributed by atoms with E-state index >= 15 is 0 Å². The summed E-state index contributed by atoms with van der Waals surface area (Å²) in [5.74, 6) is -0.664. The molecule has 31 heavy (non-hydrogen) atoms.